The summed E-state index contributed by atoms with van der Waals surface area (Å²) in [5.41, 5.74) is 0.626. The zero-order valence-electron chi connectivity index (χ0n) is 23.3. The molecule has 0 N–H and O–H groups in total. The highest BCUT2D eigenvalue weighted by Crippen LogP contribution is 2.37. The predicted octanol–water partition coefficient (Wildman–Crippen LogP) is 3.23. The second kappa shape index (κ2) is 10.0. The van der Waals surface area contributed by atoms with Crippen LogP contribution in [0.1, 0.15) is 39.2 Å². The average Bonchev–Trinajstić information content (AvgIpc) is 3.24. The summed E-state index contributed by atoms with van der Waals surface area (Å²) in [6.07, 6.45) is 3.70. The lowest BCUT2D eigenvalue weighted by molar-refractivity contribution is 0.0138. The van der Waals surface area contributed by atoms with Crippen LogP contribution in [-0.4, -0.2) is 84.6 Å². The second-order valence-electron chi connectivity index (χ2n) is 11.8. The summed E-state index contributed by atoms with van der Waals surface area (Å²) in [4.78, 5) is 24.4. The van der Waals surface area contributed by atoms with Gasteiger partial charge < -0.3 is 14.5 Å². The van der Waals surface area contributed by atoms with Crippen molar-refractivity contribution in [1.29, 1.82) is 0 Å². The molecule has 2 aliphatic rings. The molecule has 1 saturated heterocycles. The van der Waals surface area contributed by atoms with E-state index < -0.39 is 36.8 Å². The van der Waals surface area contributed by atoms with Gasteiger partial charge in [0.15, 0.2) is 15.5 Å². The van der Waals surface area contributed by atoms with Crippen molar-refractivity contribution >= 4 is 42.8 Å². The van der Waals surface area contributed by atoms with Crippen LogP contribution in [0.3, 0.4) is 0 Å². The molecule has 1 amide bonds. The highest BCUT2D eigenvalue weighted by atomic mass is 32.2. The zero-order chi connectivity index (χ0) is 29.0. The molecule has 0 bridgehead atoms. The molecule has 2 fully saturated rings. The van der Waals surface area contributed by atoms with E-state index in [2.05, 4.69) is 9.97 Å². The van der Waals surface area contributed by atoms with Gasteiger partial charge >= 0.3 is 6.09 Å². The molecule has 0 radical (unpaired) electrons. The Hall–Kier alpha value is -3.19. The Morgan fingerprint density at radius 2 is 1.70 bits per heavy atom. The van der Waals surface area contributed by atoms with Crippen molar-refractivity contribution in [2.24, 2.45) is 5.92 Å². The molecule has 0 atom stereocenters. The molecule has 2 aromatic heterocycles. The number of benzene rings is 1. The molecule has 40 heavy (non-hydrogen) atoms. The number of amides is 1. The number of likely N-dealkylation sites (tertiary alicyclic amines) is 1. The highest BCUT2D eigenvalue weighted by Gasteiger charge is 2.44. The second-order valence-corrected chi connectivity index (χ2v) is 15.9. The Morgan fingerprint density at radius 3 is 2.33 bits per heavy atom. The third kappa shape index (κ3) is 5.40. The van der Waals surface area contributed by atoms with E-state index in [9.17, 15) is 21.6 Å². The van der Waals surface area contributed by atoms with Gasteiger partial charge in [-0.25, -0.2) is 35.6 Å². The van der Waals surface area contributed by atoms with E-state index in [1.54, 1.807) is 51.1 Å². The van der Waals surface area contributed by atoms with E-state index in [1.165, 1.54) is 21.4 Å². The fraction of sp³-hybridized carbons (Fsp3) is 0.519. The van der Waals surface area contributed by atoms with Gasteiger partial charge in [-0.05, 0) is 64.7 Å². The number of aromatic nitrogens is 3. The quantitative estimate of drug-likeness (QED) is 0.407. The molecule has 3 heterocycles. The summed E-state index contributed by atoms with van der Waals surface area (Å²) >= 11 is 0. The van der Waals surface area contributed by atoms with E-state index in [1.807, 2.05) is 18.9 Å². The van der Waals surface area contributed by atoms with Crippen LogP contribution >= 0.6 is 0 Å². The molecule has 1 saturated carbocycles. The molecule has 13 heteroatoms. The van der Waals surface area contributed by atoms with Gasteiger partial charge in [-0.1, -0.05) is 17.7 Å². The molecule has 1 aliphatic heterocycles. The molecular weight excluding hydrogens is 554 g/mol. The Kier molecular flexibility index (Phi) is 7.10. The van der Waals surface area contributed by atoms with Crippen LogP contribution in [0.5, 0.6) is 0 Å². The number of sulfone groups is 1. The number of carbonyl (C=O) groups excluding carboxylic acids is 1. The largest absolute Gasteiger partial charge is 0.444 e. The average molecular weight is 590 g/mol. The standard InChI is InChI=1S/C27H35N5O6S2/c1-18-6-8-21(9-7-18)40(36,37)32-11-10-23-24(28-17-29-25(23)32)30(5)20-12-19(13-20)16-39(34,35)22-14-31(15-22)26(33)38-27(2,3)4/h6-11,17,19-20,22H,12-16H2,1-5H3/t19-,20-. The predicted molar refractivity (Wildman–Crippen MR) is 152 cm³/mol. The lowest BCUT2D eigenvalue weighted by atomic mass is 9.81. The van der Waals surface area contributed by atoms with Gasteiger partial charge in [-0.2, -0.15) is 0 Å². The summed E-state index contributed by atoms with van der Waals surface area (Å²) < 4.78 is 59.0. The number of nitrogens with zero attached hydrogens (tertiary/aromatic N) is 5. The lowest BCUT2D eigenvalue weighted by Gasteiger charge is -2.44. The number of fused-ring (bicyclic) bond motifs is 1. The first-order valence-electron chi connectivity index (χ1n) is 13.2. The van der Waals surface area contributed by atoms with E-state index in [-0.39, 0.29) is 41.3 Å². The molecule has 0 unspecified atom stereocenters. The van der Waals surface area contributed by atoms with E-state index in [0.29, 0.717) is 24.0 Å². The molecular formula is C27H35N5O6S2. The summed E-state index contributed by atoms with van der Waals surface area (Å²) in [6, 6.07) is 8.41. The van der Waals surface area contributed by atoms with Crippen molar-refractivity contribution in [3.05, 3.63) is 48.4 Å². The van der Waals surface area contributed by atoms with E-state index in [0.717, 1.165) is 5.56 Å². The summed E-state index contributed by atoms with van der Waals surface area (Å²) in [5.74, 6) is 0.687. The van der Waals surface area contributed by atoms with Crippen LogP contribution in [0, 0.1) is 12.8 Å². The first-order chi connectivity index (χ1) is 18.7. The Morgan fingerprint density at radius 1 is 1.05 bits per heavy atom. The van der Waals surface area contributed by atoms with Crippen molar-refractivity contribution in [3.63, 3.8) is 0 Å². The van der Waals surface area contributed by atoms with E-state index >= 15 is 0 Å². The monoisotopic (exact) mass is 589 g/mol. The molecule has 3 aromatic rings. The van der Waals surface area contributed by atoms with Crippen LogP contribution in [0.25, 0.3) is 11.0 Å². The number of hydrogen-bond acceptors (Lipinski definition) is 9. The number of rotatable bonds is 7. The Labute approximate surface area is 235 Å². The third-order valence-corrected chi connectivity index (χ3v) is 11.5. The van der Waals surface area contributed by atoms with Crippen molar-refractivity contribution in [2.45, 2.75) is 62.3 Å². The van der Waals surface area contributed by atoms with Gasteiger partial charge in [-0.15, -0.1) is 0 Å². The molecule has 0 spiro atoms. The smallest absolute Gasteiger partial charge is 0.410 e. The zero-order valence-corrected chi connectivity index (χ0v) is 24.9. The van der Waals surface area contributed by atoms with Gasteiger partial charge in [0.1, 0.15) is 17.7 Å². The maximum absolute atomic E-state index is 13.3. The van der Waals surface area contributed by atoms with Gasteiger partial charge in [-0.3, -0.25) is 0 Å². The molecule has 1 aliphatic carbocycles. The molecule has 5 rings (SSSR count). The minimum atomic E-state index is -3.84. The molecule has 1 aromatic carbocycles. The fourth-order valence-electron chi connectivity index (χ4n) is 5.14. The van der Waals surface area contributed by atoms with Crippen LogP contribution in [0.4, 0.5) is 10.6 Å². The normalized spacial score (nSPS) is 20.2. The first-order valence-corrected chi connectivity index (χ1v) is 16.4. The van der Waals surface area contributed by atoms with Gasteiger partial charge in [0, 0.05) is 32.4 Å². The SMILES string of the molecule is Cc1ccc(S(=O)(=O)n2ccc3c(N(C)[C@H]4C[C@H](CS(=O)(=O)C5CN(C(=O)OC(C)(C)C)C5)C4)ncnc32)cc1. The Bertz CT molecular complexity index is 1630. The van der Waals surface area contributed by atoms with Crippen LogP contribution < -0.4 is 4.90 Å². The van der Waals surface area contributed by atoms with Gasteiger partial charge in [0.25, 0.3) is 10.0 Å². The summed E-state index contributed by atoms with van der Waals surface area (Å²) in [5, 5.41) is 0.0435. The minimum absolute atomic E-state index is 0.0110. The summed E-state index contributed by atoms with van der Waals surface area (Å²) in [7, 11) is -5.30. The number of anilines is 1. The Balaban J connectivity index is 1.22. The van der Waals surface area contributed by atoms with Gasteiger partial charge in [0.05, 0.1) is 21.3 Å². The number of carbonyl (C=O) groups is 1. The lowest BCUT2D eigenvalue weighted by Crippen LogP contribution is -2.59. The highest BCUT2D eigenvalue weighted by molar-refractivity contribution is 7.92. The molecule has 216 valence electrons. The van der Waals surface area contributed by atoms with Crippen LogP contribution in [0.2, 0.25) is 0 Å². The topological polar surface area (TPSA) is 132 Å². The third-order valence-electron chi connectivity index (χ3n) is 7.57. The minimum Gasteiger partial charge on any atom is -0.444 e. The summed E-state index contributed by atoms with van der Waals surface area (Å²) in [6.45, 7) is 7.54. The van der Waals surface area contributed by atoms with Crippen molar-refractivity contribution in [3.8, 4) is 0 Å². The number of ether oxygens (including phenoxy) is 1. The van der Waals surface area contributed by atoms with Crippen molar-refractivity contribution in [1.82, 2.24) is 18.8 Å². The molecule has 11 nitrogen and oxygen atoms in total. The maximum Gasteiger partial charge on any atom is 0.410 e. The maximum atomic E-state index is 13.3. The van der Waals surface area contributed by atoms with Crippen LogP contribution in [-0.2, 0) is 24.6 Å². The fourth-order valence-corrected chi connectivity index (χ4v) is 8.46. The van der Waals surface area contributed by atoms with Crippen LogP contribution in [0.15, 0.2) is 47.8 Å². The van der Waals surface area contributed by atoms with Crippen molar-refractivity contribution < 1.29 is 26.4 Å². The first kappa shape index (κ1) is 28.3. The van der Waals surface area contributed by atoms with Gasteiger partial charge in [0.2, 0.25) is 0 Å². The van der Waals surface area contributed by atoms with E-state index in [4.69, 9.17) is 4.74 Å². The number of aryl methyl sites for hydroxylation is 1. The number of hydrogen-bond donors (Lipinski definition) is 0. The van der Waals surface area contributed by atoms with Crippen molar-refractivity contribution in [2.75, 3.05) is 30.8 Å².